The second-order valence-electron chi connectivity index (χ2n) is 10.9. The molecule has 5 heterocycles. The van der Waals surface area contributed by atoms with E-state index in [0.29, 0.717) is 50.7 Å². The fourth-order valence-electron chi connectivity index (χ4n) is 6.13. The minimum absolute atomic E-state index is 0.0277. The van der Waals surface area contributed by atoms with Crippen LogP contribution in [0, 0.1) is 5.92 Å². The summed E-state index contributed by atoms with van der Waals surface area (Å²) in [5.41, 5.74) is 3.48. The molecule has 10 heteroatoms. The number of hydrogen-bond acceptors (Lipinski definition) is 7. The van der Waals surface area contributed by atoms with Crippen LogP contribution < -0.4 is 0 Å². The molecule has 0 aliphatic carbocycles. The molecule has 2 amide bonds. The van der Waals surface area contributed by atoms with Gasteiger partial charge in [0, 0.05) is 75.3 Å². The molecule has 1 unspecified atom stereocenters. The van der Waals surface area contributed by atoms with Gasteiger partial charge in [0.2, 0.25) is 0 Å². The number of likely N-dealkylation sites (tertiary alicyclic amines) is 1. The summed E-state index contributed by atoms with van der Waals surface area (Å²) in [5, 5.41) is 7.79. The van der Waals surface area contributed by atoms with Crippen LogP contribution in [0.25, 0.3) is 22.0 Å². The van der Waals surface area contributed by atoms with Gasteiger partial charge in [0.05, 0.1) is 11.7 Å². The SMILES string of the molecule is Cn1ncc2cc(-c3ccc(C4=NC5(CCOCC5)C(=O)N4CC4CCN(C(=O)c5nccs5)C4)cc3)ccc21. The van der Waals surface area contributed by atoms with Gasteiger partial charge < -0.3 is 9.64 Å². The first kappa shape index (κ1) is 25.1. The summed E-state index contributed by atoms with van der Waals surface area (Å²) in [7, 11) is 1.94. The van der Waals surface area contributed by atoms with E-state index in [1.165, 1.54) is 11.3 Å². The van der Waals surface area contributed by atoms with E-state index >= 15 is 0 Å². The van der Waals surface area contributed by atoms with E-state index in [2.05, 4.69) is 52.5 Å². The fourth-order valence-corrected chi connectivity index (χ4v) is 6.73. The number of thiazole rings is 1. The molecule has 0 radical (unpaired) electrons. The normalized spacial score (nSPS) is 20.6. The van der Waals surface area contributed by atoms with E-state index in [-0.39, 0.29) is 17.7 Å². The maximum atomic E-state index is 13.9. The minimum atomic E-state index is -0.757. The summed E-state index contributed by atoms with van der Waals surface area (Å²) >= 11 is 1.36. The third kappa shape index (κ3) is 4.31. The van der Waals surface area contributed by atoms with Gasteiger partial charge in [-0.1, -0.05) is 30.3 Å². The average Bonchev–Trinajstić information content (AvgIpc) is 3.80. The zero-order valence-electron chi connectivity index (χ0n) is 22.3. The van der Waals surface area contributed by atoms with Crippen molar-refractivity contribution < 1.29 is 14.3 Å². The zero-order chi connectivity index (χ0) is 27.3. The van der Waals surface area contributed by atoms with Crippen molar-refractivity contribution in [2.75, 3.05) is 32.8 Å². The van der Waals surface area contributed by atoms with Crippen LogP contribution in [0.3, 0.4) is 0 Å². The number of carbonyl (C=O) groups excluding carboxylic acids is 2. The molecular formula is C30H30N6O3S. The van der Waals surface area contributed by atoms with Crippen LogP contribution in [-0.2, 0) is 16.6 Å². The number of rotatable bonds is 5. The largest absolute Gasteiger partial charge is 0.381 e. The van der Waals surface area contributed by atoms with E-state index in [9.17, 15) is 9.59 Å². The van der Waals surface area contributed by atoms with Gasteiger partial charge in [-0.15, -0.1) is 11.3 Å². The van der Waals surface area contributed by atoms with Crippen molar-refractivity contribution in [2.45, 2.75) is 24.8 Å². The van der Waals surface area contributed by atoms with Crippen molar-refractivity contribution in [3.8, 4) is 11.1 Å². The number of aliphatic imine (C=N–C) groups is 1. The van der Waals surface area contributed by atoms with E-state index in [0.717, 1.165) is 39.8 Å². The molecular weight excluding hydrogens is 524 g/mol. The van der Waals surface area contributed by atoms with Gasteiger partial charge in [-0.3, -0.25) is 24.2 Å². The molecule has 40 heavy (non-hydrogen) atoms. The highest BCUT2D eigenvalue weighted by Crippen LogP contribution is 2.36. The second-order valence-corrected chi connectivity index (χ2v) is 11.8. The Balaban J connectivity index is 1.14. The number of aryl methyl sites for hydroxylation is 1. The van der Waals surface area contributed by atoms with Gasteiger partial charge >= 0.3 is 0 Å². The monoisotopic (exact) mass is 554 g/mol. The number of benzene rings is 2. The lowest BCUT2D eigenvalue weighted by Gasteiger charge is -2.30. The Labute approximate surface area is 236 Å². The summed E-state index contributed by atoms with van der Waals surface area (Å²) < 4.78 is 7.46. The van der Waals surface area contributed by atoms with Gasteiger partial charge in [0.25, 0.3) is 11.8 Å². The number of fused-ring (bicyclic) bond motifs is 1. The van der Waals surface area contributed by atoms with Crippen molar-refractivity contribution in [3.63, 3.8) is 0 Å². The van der Waals surface area contributed by atoms with Crippen molar-refractivity contribution in [1.29, 1.82) is 0 Å². The van der Waals surface area contributed by atoms with Gasteiger partial charge in [0.1, 0.15) is 11.4 Å². The summed E-state index contributed by atoms with van der Waals surface area (Å²) in [6.45, 7) is 2.90. The molecule has 2 aromatic heterocycles. The number of hydrogen-bond donors (Lipinski definition) is 0. The van der Waals surface area contributed by atoms with E-state index < -0.39 is 5.54 Å². The van der Waals surface area contributed by atoms with Crippen molar-refractivity contribution in [2.24, 2.45) is 18.0 Å². The van der Waals surface area contributed by atoms with Gasteiger partial charge in [-0.25, -0.2) is 4.98 Å². The summed E-state index contributed by atoms with van der Waals surface area (Å²) in [6.07, 6.45) is 5.57. The number of amides is 2. The van der Waals surface area contributed by atoms with Crippen molar-refractivity contribution >= 4 is 39.9 Å². The number of aromatic nitrogens is 3. The van der Waals surface area contributed by atoms with Gasteiger partial charge in [0.15, 0.2) is 5.01 Å². The number of nitrogens with zero attached hydrogens (tertiary/aromatic N) is 6. The lowest BCUT2D eigenvalue weighted by Crippen LogP contribution is -2.47. The van der Waals surface area contributed by atoms with E-state index in [1.807, 2.05) is 33.1 Å². The number of carbonyl (C=O) groups is 2. The third-order valence-corrected chi connectivity index (χ3v) is 9.15. The Morgan fingerprint density at radius 2 is 1.88 bits per heavy atom. The fraction of sp³-hybridized carbons (Fsp3) is 0.367. The van der Waals surface area contributed by atoms with Crippen molar-refractivity contribution in [3.05, 3.63) is 70.8 Å². The lowest BCUT2D eigenvalue weighted by molar-refractivity contribution is -0.134. The smallest absolute Gasteiger partial charge is 0.282 e. The molecule has 0 N–H and O–H groups in total. The highest BCUT2D eigenvalue weighted by atomic mass is 32.1. The number of amidine groups is 1. The molecule has 7 rings (SSSR count). The highest BCUT2D eigenvalue weighted by Gasteiger charge is 2.50. The number of ether oxygens (including phenoxy) is 1. The second kappa shape index (κ2) is 9.94. The third-order valence-electron chi connectivity index (χ3n) is 8.39. The van der Waals surface area contributed by atoms with Gasteiger partial charge in [-0.05, 0) is 35.6 Å². The molecule has 0 bridgehead atoms. The Morgan fingerprint density at radius 1 is 1.10 bits per heavy atom. The van der Waals surface area contributed by atoms with Crippen LogP contribution >= 0.6 is 11.3 Å². The van der Waals surface area contributed by atoms with Crippen molar-refractivity contribution in [1.82, 2.24) is 24.6 Å². The molecule has 2 aromatic carbocycles. The van der Waals surface area contributed by atoms with Crippen LogP contribution in [0.15, 0.2) is 65.2 Å². The predicted octanol–water partition coefficient (Wildman–Crippen LogP) is 4.00. The Bertz CT molecular complexity index is 1600. The summed E-state index contributed by atoms with van der Waals surface area (Å²) in [6, 6.07) is 14.7. The highest BCUT2D eigenvalue weighted by molar-refractivity contribution is 7.11. The van der Waals surface area contributed by atoms with Crippen LogP contribution in [0.1, 0.15) is 34.6 Å². The molecule has 2 fully saturated rings. The molecule has 3 aliphatic rings. The maximum Gasteiger partial charge on any atom is 0.282 e. The first-order valence-corrected chi connectivity index (χ1v) is 14.6. The van der Waals surface area contributed by atoms with Crippen LogP contribution in [0.4, 0.5) is 0 Å². The first-order chi connectivity index (χ1) is 19.5. The molecule has 2 saturated heterocycles. The van der Waals surface area contributed by atoms with Crippen LogP contribution in [0.2, 0.25) is 0 Å². The molecule has 0 saturated carbocycles. The molecule has 9 nitrogen and oxygen atoms in total. The van der Waals surface area contributed by atoms with E-state index in [1.54, 1.807) is 6.20 Å². The topological polar surface area (TPSA) is 92.9 Å². The van der Waals surface area contributed by atoms with Gasteiger partial charge in [-0.2, -0.15) is 5.10 Å². The minimum Gasteiger partial charge on any atom is -0.381 e. The Morgan fingerprint density at radius 3 is 2.65 bits per heavy atom. The average molecular weight is 555 g/mol. The predicted molar refractivity (Wildman–Crippen MR) is 153 cm³/mol. The molecule has 3 aliphatic heterocycles. The molecule has 1 atom stereocenters. The van der Waals surface area contributed by atoms with E-state index in [4.69, 9.17) is 9.73 Å². The lowest BCUT2D eigenvalue weighted by atomic mass is 9.90. The molecule has 4 aromatic rings. The van der Waals surface area contributed by atoms with Crippen LogP contribution in [-0.4, -0.2) is 80.6 Å². The zero-order valence-corrected chi connectivity index (χ0v) is 23.1. The Kier molecular flexibility index (Phi) is 6.24. The maximum absolute atomic E-state index is 13.9. The van der Waals surface area contributed by atoms with Crippen LogP contribution in [0.5, 0.6) is 0 Å². The summed E-state index contributed by atoms with van der Waals surface area (Å²) in [5.74, 6) is 0.936. The standard InChI is InChI=1S/C30H30N6O3S/c1-34-25-7-6-23(16-24(25)17-32-34)21-2-4-22(5-3-21)26-33-30(9-13-39-14-10-30)29(38)36(26)19-20-8-12-35(18-20)28(37)27-31-11-15-40-27/h2-7,11,15-17,20H,8-10,12-14,18-19H2,1H3. The quantitative estimate of drug-likeness (QED) is 0.372. The molecule has 204 valence electrons. The Hall–Kier alpha value is -3.89. The first-order valence-electron chi connectivity index (χ1n) is 13.7. The summed E-state index contributed by atoms with van der Waals surface area (Å²) in [4.78, 5) is 39.8. The molecule has 1 spiro atoms.